The van der Waals surface area contributed by atoms with Gasteiger partial charge in [-0.05, 0) is 62.9 Å². The molecule has 2 aromatic rings. The van der Waals surface area contributed by atoms with E-state index in [0.717, 1.165) is 17.7 Å². The predicted octanol–water partition coefficient (Wildman–Crippen LogP) is 5.71. The van der Waals surface area contributed by atoms with Gasteiger partial charge in [0, 0.05) is 29.6 Å². The lowest BCUT2D eigenvalue weighted by Crippen LogP contribution is -2.58. The van der Waals surface area contributed by atoms with E-state index < -0.39 is 23.7 Å². The zero-order valence-electron chi connectivity index (χ0n) is 22.6. The van der Waals surface area contributed by atoms with Crippen molar-refractivity contribution in [3.63, 3.8) is 0 Å². The number of alkyl halides is 3. The lowest BCUT2D eigenvalue weighted by molar-refractivity contribution is -0.216. The Hall–Kier alpha value is -3.07. The lowest BCUT2D eigenvalue weighted by Gasteiger charge is -2.51. The number of carbonyl (C=O) groups excluding carboxylic acids is 2. The molecule has 2 fully saturated rings. The minimum atomic E-state index is -5.09. The molecule has 1 spiro atoms. The van der Waals surface area contributed by atoms with Crippen molar-refractivity contribution in [3.8, 4) is 5.75 Å². The van der Waals surface area contributed by atoms with Crippen molar-refractivity contribution in [2.75, 3.05) is 32.8 Å². The van der Waals surface area contributed by atoms with Crippen molar-refractivity contribution in [1.82, 2.24) is 9.80 Å². The summed E-state index contributed by atoms with van der Waals surface area (Å²) in [5.74, 6) is -1.08. The van der Waals surface area contributed by atoms with Gasteiger partial charge in [-0.25, -0.2) is 4.79 Å². The summed E-state index contributed by atoms with van der Waals surface area (Å²) in [7, 11) is 0. The molecule has 9 heteroatoms. The molecule has 1 amide bonds. The third-order valence-corrected chi connectivity index (χ3v) is 7.91. The van der Waals surface area contributed by atoms with Crippen LogP contribution in [0.15, 0.2) is 54.6 Å². The van der Waals surface area contributed by atoms with Crippen LogP contribution in [0.1, 0.15) is 55.5 Å². The molecule has 2 aromatic carbocycles. The topological polar surface area (TPSA) is 59.1 Å². The molecule has 2 aliphatic heterocycles. The van der Waals surface area contributed by atoms with Crippen LogP contribution < -0.4 is 4.74 Å². The fraction of sp³-hybridized carbons (Fsp3) is 0.533. The third-order valence-electron chi connectivity index (χ3n) is 7.91. The van der Waals surface area contributed by atoms with Gasteiger partial charge in [-0.2, -0.15) is 13.2 Å². The highest BCUT2D eigenvalue weighted by Gasteiger charge is 2.51. The monoisotopic (exact) mass is 546 g/mol. The van der Waals surface area contributed by atoms with Crippen LogP contribution in [0.25, 0.3) is 0 Å². The Labute approximate surface area is 228 Å². The number of hydrogen-bond acceptors (Lipinski definition) is 5. The first kappa shape index (κ1) is 28.9. The van der Waals surface area contributed by atoms with E-state index in [9.17, 15) is 22.8 Å². The van der Waals surface area contributed by atoms with Crippen molar-refractivity contribution in [1.29, 1.82) is 0 Å². The van der Waals surface area contributed by atoms with E-state index >= 15 is 0 Å². The second-order valence-corrected chi connectivity index (χ2v) is 11.0. The molecule has 212 valence electrons. The van der Waals surface area contributed by atoms with Crippen LogP contribution in [0, 0.1) is 11.3 Å². The number of esters is 1. The summed E-state index contributed by atoms with van der Waals surface area (Å²) in [4.78, 5) is 28.7. The molecule has 0 radical (unpaired) electrons. The van der Waals surface area contributed by atoms with Crippen molar-refractivity contribution in [2.45, 2.75) is 58.4 Å². The fourth-order valence-electron chi connectivity index (χ4n) is 5.46. The maximum Gasteiger partial charge on any atom is 0.490 e. The number of halogens is 3. The second kappa shape index (κ2) is 12.4. The van der Waals surface area contributed by atoms with Gasteiger partial charge in [-0.3, -0.25) is 9.69 Å². The summed E-state index contributed by atoms with van der Waals surface area (Å²) in [6, 6.07) is 16.5. The Morgan fingerprint density at radius 1 is 0.974 bits per heavy atom. The number of likely N-dealkylation sites (tertiary alicyclic amines) is 2. The smallest absolute Gasteiger partial charge is 0.490 e. The molecule has 39 heavy (non-hydrogen) atoms. The van der Waals surface area contributed by atoms with Crippen molar-refractivity contribution >= 4 is 11.9 Å². The largest absolute Gasteiger partial charge is 0.493 e. The summed E-state index contributed by atoms with van der Waals surface area (Å²) in [5.41, 5.74) is 0.914. The normalized spacial score (nSPS) is 19.7. The van der Waals surface area contributed by atoms with Gasteiger partial charge in [-0.1, -0.05) is 50.2 Å². The summed E-state index contributed by atoms with van der Waals surface area (Å²) < 4.78 is 50.7. The molecule has 1 atom stereocenters. The maximum absolute atomic E-state index is 13.2. The molecule has 0 bridgehead atoms. The van der Waals surface area contributed by atoms with Crippen LogP contribution in [0.2, 0.25) is 0 Å². The number of benzene rings is 2. The fourth-order valence-corrected chi connectivity index (χ4v) is 5.46. The van der Waals surface area contributed by atoms with Gasteiger partial charge in [0.15, 0.2) is 0 Å². The number of ether oxygens (including phenoxy) is 2. The maximum atomic E-state index is 13.2. The molecule has 0 aliphatic carbocycles. The molecule has 2 aliphatic rings. The Balaban J connectivity index is 1.44. The number of nitrogens with zero attached hydrogens (tertiary/aromatic N) is 2. The van der Waals surface area contributed by atoms with Crippen LogP contribution in [0.3, 0.4) is 0 Å². The van der Waals surface area contributed by atoms with Crippen LogP contribution in [0.4, 0.5) is 13.2 Å². The highest BCUT2D eigenvalue weighted by molar-refractivity contribution is 5.94. The molecule has 1 unspecified atom stereocenters. The van der Waals surface area contributed by atoms with Crippen molar-refractivity contribution in [3.05, 3.63) is 65.7 Å². The van der Waals surface area contributed by atoms with E-state index in [1.54, 1.807) is 30.3 Å². The number of hydrogen-bond donors (Lipinski definition) is 0. The molecular weight excluding hydrogens is 509 g/mol. The minimum Gasteiger partial charge on any atom is -0.493 e. The van der Waals surface area contributed by atoms with Gasteiger partial charge in [0.1, 0.15) is 11.9 Å². The number of para-hydroxylation sites is 1. The van der Waals surface area contributed by atoms with Gasteiger partial charge < -0.3 is 14.4 Å². The van der Waals surface area contributed by atoms with Crippen LogP contribution in [-0.2, 0) is 16.1 Å². The number of rotatable bonds is 8. The number of amides is 1. The van der Waals surface area contributed by atoms with Crippen LogP contribution in [0.5, 0.6) is 5.75 Å². The van der Waals surface area contributed by atoms with E-state index in [0.29, 0.717) is 63.5 Å². The average Bonchev–Trinajstić information content (AvgIpc) is 2.91. The van der Waals surface area contributed by atoms with Crippen LogP contribution >= 0.6 is 0 Å². The van der Waals surface area contributed by atoms with Gasteiger partial charge in [0.2, 0.25) is 0 Å². The Morgan fingerprint density at radius 3 is 2.28 bits per heavy atom. The van der Waals surface area contributed by atoms with E-state index in [1.807, 2.05) is 24.3 Å². The van der Waals surface area contributed by atoms with Gasteiger partial charge in [-0.15, -0.1) is 0 Å². The molecule has 2 saturated heterocycles. The van der Waals surface area contributed by atoms with Crippen LogP contribution in [-0.4, -0.2) is 66.7 Å². The average molecular weight is 547 g/mol. The van der Waals surface area contributed by atoms with E-state index in [1.165, 1.54) is 4.90 Å². The molecule has 0 aromatic heterocycles. The first-order valence-corrected chi connectivity index (χ1v) is 13.6. The molecule has 2 heterocycles. The van der Waals surface area contributed by atoms with E-state index in [4.69, 9.17) is 9.47 Å². The van der Waals surface area contributed by atoms with Crippen molar-refractivity contribution < 1.29 is 32.2 Å². The third kappa shape index (κ3) is 7.32. The Morgan fingerprint density at radius 2 is 1.62 bits per heavy atom. The molecule has 0 saturated carbocycles. The zero-order chi connectivity index (χ0) is 28.0. The molecular formula is C30H37F3N2O4. The molecule has 6 nitrogen and oxygen atoms in total. The highest BCUT2D eigenvalue weighted by atomic mass is 19.4. The SMILES string of the molecule is CC(C)CCOc1ccccc1CN1CCC2(CC1)CCN(C(=O)c1ccccc1)CC2OC(=O)C(F)(F)F. The Bertz CT molecular complexity index is 1110. The number of carbonyl (C=O) groups is 2. The van der Waals surface area contributed by atoms with Gasteiger partial charge in [0.25, 0.3) is 5.91 Å². The predicted molar refractivity (Wildman–Crippen MR) is 141 cm³/mol. The van der Waals surface area contributed by atoms with Gasteiger partial charge >= 0.3 is 12.1 Å². The lowest BCUT2D eigenvalue weighted by atomic mass is 9.69. The summed E-state index contributed by atoms with van der Waals surface area (Å²) in [5, 5.41) is 0. The summed E-state index contributed by atoms with van der Waals surface area (Å²) in [6.07, 6.45) is -3.53. The first-order chi connectivity index (χ1) is 18.6. The van der Waals surface area contributed by atoms with Gasteiger partial charge in [0.05, 0.1) is 13.2 Å². The van der Waals surface area contributed by atoms with Crippen molar-refractivity contribution in [2.24, 2.45) is 11.3 Å². The minimum absolute atomic E-state index is 0.0535. The standard InChI is InChI=1S/C30H37F3N2O4/c1-22(2)12-19-38-25-11-7-6-10-24(25)20-34-16-13-29(14-17-34)15-18-35(27(36)23-8-4-3-5-9-23)21-26(29)39-28(37)30(31,32)33/h3-11,22,26H,12-21H2,1-2H3. The number of piperidine rings is 2. The Kier molecular flexibility index (Phi) is 9.20. The molecule has 0 N–H and O–H groups in total. The summed E-state index contributed by atoms with van der Waals surface area (Å²) in [6.45, 7) is 7.25. The highest BCUT2D eigenvalue weighted by Crippen LogP contribution is 2.44. The van der Waals surface area contributed by atoms with E-state index in [-0.39, 0.29) is 12.5 Å². The molecule has 4 rings (SSSR count). The quantitative estimate of drug-likeness (QED) is 0.397. The zero-order valence-corrected chi connectivity index (χ0v) is 22.6. The first-order valence-electron chi connectivity index (χ1n) is 13.6. The second-order valence-electron chi connectivity index (χ2n) is 11.0. The summed E-state index contributed by atoms with van der Waals surface area (Å²) >= 11 is 0. The van der Waals surface area contributed by atoms with E-state index in [2.05, 4.69) is 18.7 Å².